The third-order valence-electron chi connectivity index (χ3n) is 5.35. The van der Waals surface area contributed by atoms with Crippen molar-refractivity contribution in [2.24, 2.45) is 4.99 Å². The van der Waals surface area contributed by atoms with E-state index in [4.69, 9.17) is 4.99 Å². The van der Waals surface area contributed by atoms with Gasteiger partial charge in [0.1, 0.15) is 6.04 Å². The van der Waals surface area contributed by atoms with Crippen LogP contribution in [0.2, 0.25) is 0 Å². The molecule has 4 rings (SSSR count). The summed E-state index contributed by atoms with van der Waals surface area (Å²) >= 11 is 0. The summed E-state index contributed by atoms with van der Waals surface area (Å²) in [4.78, 5) is 20.4. The fraction of sp³-hybridized carbons (Fsp3) is 0.231. The summed E-state index contributed by atoms with van der Waals surface area (Å²) in [5.74, 6) is 0.135. The number of benzene rings is 3. The van der Waals surface area contributed by atoms with E-state index in [9.17, 15) is 4.79 Å². The molecule has 0 aromatic heterocycles. The van der Waals surface area contributed by atoms with E-state index < -0.39 is 6.04 Å². The van der Waals surface area contributed by atoms with Gasteiger partial charge in [0.2, 0.25) is 5.91 Å². The summed E-state index contributed by atoms with van der Waals surface area (Å²) in [6, 6.07) is 30.1. The molecule has 1 amide bonds. The van der Waals surface area contributed by atoms with Gasteiger partial charge in [0.05, 0.1) is 5.71 Å². The lowest BCUT2D eigenvalue weighted by Crippen LogP contribution is -2.38. The molecule has 1 heterocycles. The lowest BCUT2D eigenvalue weighted by molar-refractivity contribution is -0.131. The van der Waals surface area contributed by atoms with Crippen LogP contribution in [0.25, 0.3) is 0 Å². The summed E-state index contributed by atoms with van der Waals surface area (Å²) < 4.78 is 0. The van der Waals surface area contributed by atoms with Crippen LogP contribution in [-0.4, -0.2) is 35.7 Å². The van der Waals surface area contributed by atoms with Crippen molar-refractivity contribution in [2.45, 2.75) is 25.3 Å². The van der Waals surface area contributed by atoms with Crippen LogP contribution in [-0.2, 0) is 11.2 Å². The zero-order chi connectivity index (χ0) is 19.9. The number of rotatable bonds is 6. The minimum atomic E-state index is -0.425. The van der Waals surface area contributed by atoms with E-state index in [-0.39, 0.29) is 5.91 Å². The monoisotopic (exact) mass is 382 g/mol. The molecule has 0 radical (unpaired) electrons. The van der Waals surface area contributed by atoms with E-state index in [1.54, 1.807) is 0 Å². The molecule has 1 aliphatic heterocycles. The normalized spacial score (nSPS) is 14.4. The fourth-order valence-electron chi connectivity index (χ4n) is 3.84. The smallest absolute Gasteiger partial charge is 0.247 e. The first-order chi connectivity index (χ1) is 14.3. The summed E-state index contributed by atoms with van der Waals surface area (Å²) in [6.07, 6.45) is 2.77. The fourth-order valence-corrected chi connectivity index (χ4v) is 3.84. The average molecular weight is 383 g/mol. The minimum Gasteiger partial charge on any atom is -0.341 e. The number of carbonyl (C=O) groups is 1. The third-order valence-corrected chi connectivity index (χ3v) is 5.35. The van der Waals surface area contributed by atoms with Crippen molar-refractivity contribution in [1.82, 2.24) is 4.90 Å². The standard InChI is InChI=1S/C26H26N2O/c29-26(28-18-10-11-19-28)24(20-21-12-4-1-5-13-21)27-25(22-14-6-2-7-15-22)23-16-8-3-9-17-23/h1-9,12-17,24H,10-11,18-20H2/t24-/m0/s1. The van der Waals surface area contributed by atoms with Gasteiger partial charge in [-0.25, -0.2) is 0 Å². The number of aliphatic imine (C=N–C) groups is 1. The molecule has 29 heavy (non-hydrogen) atoms. The van der Waals surface area contributed by atoms with Gasteiger partial charge in [0.25, 0.3) is 0 Å². The Morgan fingerprint density at radius 1 is 0.759 bits per heavy atom. The highest BCUT2D eigenvalue weighted by Gasteiger charge is 2.27. The predicted molar refractivity (Wildman–Crippen MR) is 118 cm³/mol. The predicted octanol–water partition coefficient (Wildman–Crippen LogP) is 4.76. The lowest BCUT2D eigenvalue weighted by Gasteiger charge is -2.22. The Kier molecular flexibility index (Phi) is 6.16. The molecule has 1 atom stereocenters. The quantitative estimate of drug-likeness (QED) is 0.566. The molecule has 3 aromatic rings. The number of hydrogen-bond acceptors (Lipinski definition) is 2. The van der Waals surface area contributed by atoms with Gasteiger partial charge in [0.15, 0.2) is 0 Å². The van der Waals surface area contributed by atoms with Crippen LogP contribution in [0.4, 0.5) is 0 Å². The molecule has 0 unspecified atom stereocenters. The van der Waals surface area contributed by atoms with Crippen molar-refractivity contribution in [3.63, 3.8) is 0 Å². The summed E-state index contributed by atoms with van der Waals surface area (Å²) in [6.45, 7) is 1.68. The average Bonchev–Trinajstić information content (AvgIpc) is 3.33. The molecule has 0 N–H and O–H groups in total. The summed E-state index contributed by atoms with van der Waals surface area (Å²) in [5.41, 5.74) is 4.07. The largest absolute Gasteiger partial charge is 0.341 e. The van der Waals surface area contributed by atoms with Crippen LogP contribution in [0.5, 0.6) is 0 Å². The number of likely N-dealkylation sites (tertiary alicyclic amines) is 1. The molecule has 1 fully saturated rings. The first kappa shape index (κ1) is 19.1. The highest BCUT2D eigenvalue weighted by atomic mass is 16.2. The Labute approximate surface area is 172 Å². The second kappa shape index (κ2) is 9.33. The molecule has 1 saturated heterocycles. The Morgan fingerprint density at radius 2 is 1.24 bits per heavy atom. The zero-order valence-corrected chi connectivity index (χ0v) is 16.6. The van der Waals surface area contributed by atoms with E-state index >= 15 is 0 Å². The van der Waals surface area contributed by atoms with Gasteiger partial charge in [-0.05, 0) is 18.4 Å². The van der Waals surface area contributed by atoms with Crippen molar-refractivity contribution in [3.8, 4) is 0 Å². The van der Waals surface area contributed by atoms with E-state index in [0.29, 0.717) is 6.42 Å². The number of hydrogen-bond donors (Lipinski definition) is 0. The van der Waals surface area contributed by atoms with E-state index in [1.165, 1.54) is 0 Å². The lowest BCUT2D eigenvalue weighted by atomic mass is 10.00. The number of carbonyl (C=O) groups excluding carboxylic acids is 1. The molecule has 3 heteroatoms. The first-order valence-corrected chi connectivity index (χ1v) is 10.3. The second-order valence-corrected chi connectivity index (χ2v) is 7.45. The van der Waals surface area contributed by atoms with E-state index in [1.807, 2.05) is 59.5 Å². The van der Waals surface area contributed by atoms with Crippen molar-refractivity contribution in [3.05, 3.63) is 108 Å². The topological polar surface area (TPSA) is 32.7 Å². The number of amides is 1. The van der Waals surface area contributed by atoms with E-state index in [2.05, 4.69) is 36.4 Å². The summed E-state index contributed by atoms with van der Waals surface area (Å²) in [7, 11) is 0. The molecular formula is C26H26N2O. The van der Waals surface area contributed by atoms with Crippen LogP contribution in [0.1, 0.15) is 29.5 Å². The van der Waals surface area contributed by atoms with Crippen LogP contribution < -0.4 is 0 Å². The van der Waals surface area contributed by atoms with Crippen molar-refractivity contribution >= 4 is 11.6 Å². The van der Waals surface area contributed by atoms with Gasteiger partial charge in [-0.3, -0.25) is 9.79 Å². The van der Waals surface area contributed by atoms with Gasteiger partial charge in [-0.15, -0.1) is 0 Å². The molecule has 3 nitrogen and oxygen atoms in total. The molecule has 0 aliphatic carbocycles. The van der Waals surface area contributed by atoms with Gasteiger partial charge in [-0.1, -0.05) is 91.0 Å². The van der Waals surface area contributed by atoms with Crippen molar-refractivity contribution < 1.29 is 4.79 Å². The highest BCUT2D eigenvalue weighted by Crippen LogP contribution is 2.18. The van der Waals surface area contributed by atoms with Gasteiger partial charge in [-0.2, -0.15) is 0 Å². The molecule has 0 saturated carbocycles. The Balaban J connectivity index is 1.75. The Morgan fingerprint density at radius 3 is 1.76 bits per heavy atom. The first-order valence-electron chi connectivity index (χ1n) is 10.3. The van der Waals surface area contributed by atoms with Crippen LogP contribution in [0, 0.1) is 0 Å². The highest BCUT2D eigenvalue weighted by molar-refractivity contribution is 6.13. The number of nitrogens with zero attached hydrogens (tertiary/aromatic N) is 2. The van der Waals surface area contributed by atoms with Crippen molar-refractivity contribution in [1.29, 1.82) is 0 Å². The maximum atomic E-state index is 13.4. The van der Waals surface area contributed by atoms with Crippen LogP contribution >= 0.6 is 0 Å². The Bertz CT molecular complexity index is 904. The SMILES string of the molecule is O=C([C@H](Cc1ccccc1)N=C(c1ccccc1)c1ccccc1)N1CCCC1. The maximum Gasteiger partial charge on any atom is 0.247 e. The van der Waals surface area contributed by atoms with Gasteiger partial charge in [0, 0.05) is 30.6 Å². The molecule has 146 valence electrons. The van der Waals surface area contributed by atoms with Gasteiger partial charge >= 0.3 is 0 Å². The molecule has 1 aliphatic rings. The molecule has 0 spiro atoms. The zero-order valence-electron chi connectivity index (χ0n) is 16.6. The second-order valence-electron chi connectivity index (χ2n) is 7.45. The minimum absolute atomic E-state index is 0.135. The maximum absolute atomic E-state index is 13.4. The van der Waals surface area contributed by atoms with Crippen LogP contribution in [0.3, 0.4) is 0 Å². The van der Waals surface area contributed by atoms with Crippen molar-refractivity contribution in [2.75, 3.05) is 13.1 Å². The third kappa shape index (κ3) is 4.80. The molecule has 3 aromatic carbocycles. The van der Waals surface area contributed by atoms with E-state index in [0.717, 1.165) is 48.3 Å². The molecule has 0 bridgehead atoms. The van der Waals surface area contributed by atoms with Gasteiger partial charge < -0.3 is 4.90 Å². The molecular weight excluding hydrogens is 356 g/mol. The summed E-state index contributed by atoms with van der Waals surface area (Å²) in [5, 5.41) is 0. The van der Waals surface area contributed by atoms with Crippen LogP contribution in [0.15, 0.2) is 96.0 Å². The Hall–Kier alpha value is -3.20.